The largest absolute Gasteiger partial charge is 0.338 e. The fourth-order valence-corrected chi connectivity index (χ4v) is 1.46. The van der Waals surface area contributed by atoms with Crippen LogP contribution in [0.1, 0.15) is 57.8 Å². The standard InChI is InChI=1S/C11H21N3O/c1-4-5-6-10-13-11(15-14-10)9(12)7-8(2)3/h8-9H,4-7,12H2,1-3H3. The van der Waals surface area contributed by atoms with Gasteiger partial charge in [0.2, 0.25) is 5.89 Å². The van der Waals surface area contributed by atoms with Gasteiger partial charge in [-0.05, 0) is 18.8 Å². The van der Waals surface area contributed by atoms with Crippen LogP contribution in [-0.4, -0.2) is 10.1 Å². The smallest absolute Gasteiger partial charge is 0.243 e. The summed E-state index contributed by atoms with van der Waals surface area (Å²) in [6.07, 6.45) is 4.00. The Morgan fingerprint density at radius 1 is 1.40 bits per heavy atom. The average molecular weight is 211 g/mol. The highest BCUT2D eigenvalue weighted by molar-refractivity contribution is 4.92. The second-order valence-corrected chi connectivity index (χ2v) is 4.39. The van der Waals surface area contributed by atoms with Gasteiger partial charge < -0.3 is 10.3 Å². The zero-order valence-corrected chi connectivity index (χ0v) is 9.86. The van der Waals surface area contributed by atoms with E-state index < -0.39 is 0 Å². The van der Waals surface area contributed by atoms with Crippen molar-refractivity contribution in [2.24, 2.45) is 11.7 Å². The van der Waals surface area contributed by atoms with Crippen molar-refractivity contribution in [2.75, 3.05) is 0 Å². The molecule has 0 spiro atoms. The predicted molar refractivity (Wildman–Crippen MR) is 59.3 cm³/mol. The van der Waals surface area contributed by atoms with Crippen molar-refractivity contribution in [1.29, 1.82) is 0 Å². The van der Waals surface area contributed by atoms with E-state index in [-0.39, 0.29) is 6.04 Å². The first-order chi connectivity index (χ1) is 7.13. The number of hydrogen-bond acceptors (Lipinski definition) is 4. The number of nitrogens with zero attached hydrogens (tertiary/aromatic N) is 2. The monoisotopic (exact) mass is 211 g/mol. The SMILES string of the molecule is CCCCc1noc(C(N)CC(C)C)n1. The molecule has 0 amide bonds. The van der Waals surface area contributed by atoms with Crippen molar-refractivity contribution >= 4 is 0 Å². The van der Waals surface area contributed by atoms with Gasteiger partial charge in [0.15, 0.2) is 5.82 Å². The minimum absolute atomic E-state index is 0.118. The molecule has 2 N–H and O–H groups in total. The lowest BCUT2D eigenvalue weighted by atomic mass is 10.0. The van der Waals surface area contributed by atoms with E-state index in [4.69, 9.17) is 10.3 Å². The molecule has 4 nitrogen and oxygen atoms in total. The number of hydrogen-bond donors (Lipinski definition) is 1. The molecule has 0 bridgehead atoms. The molecule has 0 saturated carbocycles. The highest BCUT2D eigenvalue weighted by Gasteiger charge is 2.15. The van der Waals surface area contributed by atoms with Gasteiger partial charge in [0.1, 0.15) is 0 Å². The zero-order valence-electron chi connectivity index (χ0n) is 9.86. The quantitative estimate of drug-likeness (QED) is 0.785. The summed E-state index contributed by atoms with van der Waals surface area (Å²) >= 11 is 0. The summed E-state index contributed by atoms with van der Waals surface area (Å²) in [6, 6.07) is -0.118. The first-order valence-corrected chi connectivity index (χ1v) is 5.71. The van der Waals surface area contributed by atoms with Crippen molar-refractivity contribution < 1.29 is 4.52 Å². The van der Waals surface area contributed by atoms with Crippen LogP contribution in [0.4, 0.5) is 0 Å². The van der Waals surface area contributed by atoms with Crippen LogP contribution in [-0.2, 0) is 6.42 Å². The number of nitrogens with two attached hydrogens (primary N) is 1. The van der Waals surface area contributed by atoms with Gasteiger partial charge in [0.05, 0.1) is 6.04 Å². The Kier molecular flexibility index (Phi) is 4.75. The average Bonchev–Trinajstić information content (AvgIpc) is 2.62. The van der Waals surface area contributed by atoms with Gasteiger partial charge in [-0.15, -0.1) is 0 Å². The van der Waals surface area contributed by atoms with Crippen LogP contribution >= 0.6 is 0 Å². The van der Waals surface area contributed by atoms with Crippen LogP contribution in [0.3, 0.4) is 0 Å². The Morgan fingerprint density at radius 2 is 2.13 bits per heavy atom. The van der Waals surface area contributed by atoms with Gasteiger partial charge in [0, 0.05) is 6.42 Å². The van der Waals surface area contributed by atoms with Gasteiger partial charge in [-0.25, -0.2) is 0 Å². The molecule has 1 unspecified atom stereocenters. The maximum absolute atomic E-state index is 5.94. The summed E-state index contributed by atoms with van der Waals surface area (Å²) in [7, 11) is 0. The van der Waals surface area contributed by atoms with Crippen molar-refractivity contribution in [3.8, 4) is 0 Å². The van der Waals surface area contributed by atoms with Gasteiger partial charge in [0.25, 0.3) is 0 Å². The molecular weight excluding hydrogens is 190 g/mol. The van der Waals surface area contributed by atoms with Gasteiger partial charge in [-0.1, -0.05) is 32.3 Å². The number of rotatable bonds is 6. The molecule has 0 fully saturated rings. The van der Waals surface area contributed by atoms with Crippen LogP contribution in [0.15, 0.2) is 4.52 Å². The summed E-state index contributed by atoms with van der Waals surface area (Å²) in [4.78, 5) is 4.30. The third-order valence-corrected chi connectivity index (χ3v) is 2.28. The van der Waals surface area contributed by atoms with Gasteiger partial charge in [-0.3, -0.25) is 0 Å². The van der Waals surface area contributed by atoms with Gasteiger partial charge >= 0.3 is 0 Å². The van der Waals surface area contributed by atoms with Crippen LogP contribution in [0, 0.1) is 5.92 Å². The van der Waals surface area contributed by atoms with Crippen LogP contribution in [0.5, 0.6) is 0 Å². The fraction of sp³-hybridized carbons (Fsp3) is 0.818. The fourth-order valence-electron chi connectivity index (χ4n) is 1.46. The maximum Gasteiger partial charge on any atom is 0.243 e. The highest BCUT2D eigenvalue weighted by atomic mass is 16.5. The molecule has 1 atom stereocenters. The normalized spacial score (nSPS) is 13.4. The van der Waals surface area contributed by atoms with E-state index in [9.17, 15) is 0 Å². The Labute approximate surface area is 91.2 Å². The minimum atomic E-state index is -0.118. The lowest BCUT2D eigenvalue weighted by Gasteiger charge is -2.08. The third kappa shape index (κ3) is 4.00. The Bertz CT molecular complexity index is 283. The molecule has 1 aromatic rings. The Balaban J connectivity index is 2.51. The van der Waals surface area contributed by atoms with E-state index in [1.165, 1.54) is 0 Å². The maximum atomic E-state index is 5.94. The summed E-state index contributed by atoms with van der Waals surface area (Å²) in [5.41, 5.74) is 5.94. The first-order valence-electron chi connectivity index (χ1n) is 5.71. The van der Waals surface area contributed by atoms with E-state index in [0.29, 0.717) is 11.8 Å². The predicted octanol–water partition coefficient (Wildman–Crippen LogP) is 2.46. The molecule has 1 rings (SSSR count). The summed E-state index contributed by atoms with van der Waals surface area (Å²) in [6.45, 7) is 6.41. The summed E-state index contributed by atoms with van der Waals surface area (Å²) < 4.78 is 5.14. The van der Waals surface area contributed by atoms with Crippen molar-refractivity contribution in [3.63, 3.8) is 0 Å². The molecule has 0 aliphatic carbocycles. The molecule has 15 heavy (non-hydrogen) atoms. The van der Waals surface area contributed by atoms with Crippen LogP contribution in [0.2, 0.25) is 0 Å². The second kappa shape index (κ2) is 5.85. The lowest BCUT2D eigenvalue weighted by molar-refractivity contribution is 0.332. The third-order valence-electron chi connectivity index (χ3n) is 2.28. The molecule has 0 saturated heterocycles. The highest BCUT2D eigenvalue weighted by Crippen LogP contribution is 2.17. The zero-order chi connectivity index (χ0) is 11.3. The molecule has 0 aromatic carbocycles. The summed E-state index contributed by atoms with van der Waals surface area (Å²) in [5, 5.41) is 3.92. The van der Waals surface area contributed by atoms with Crippen molar-refractivity contribution in [3.05, 3.63) is 11.7 Å². The molecule has 1 heterocycles. The summed E-state index contributed by atoms with van der Waals surface area (Å²) in [5.74, 6) is 1.91. The molecule has 4 heteroatoms. The van der Waals surface area contributed by atoms with Crippen molar-refractivity contribution in [2.45, 2.75) is 52.5 Å². The number of aromatic nitrogens is 2. The van der Waals surface area contributed by atoms with E-state index >= 15 is 0 Å². The topological polar surface area (TPSA) is 64.9 Å². The van der Waals surface area contributed by atoms with E-state index in [1.807, 2.05) is 0 Å². The molecule has 86 valence electrons. The Morgan fingerprint density at radius 3 is 2.73 bits per heavy atom. The molecule has 0 aliphatic rings. The molecule has 1 aromatic heterocycles. The molecular formula is C11H21N3O. The minimum Gasteiger partial charge on any atom is -0.338 e. The van der Waals surface area contributed by atoms with E-state index in [1.54, 1.807) is 0 Å². The van der Waals surface area contributed by atoms with Gasteiger partial charge in [-0.2, -0.15) is 4.98 Å². The Hall–Kier alpha value is -0.900. The molecule has 0 radical (unpaired) electrons. The van der Waals surface area contributed by atoms with E-state index in [2.05, 4.69) is 30.9 Å². The second-order valence-electron chi connectivity index (χ2n) is 4.39. The van der Waals surface area contributed by atoms with E-state index in [0.717, 1.165) is 31.5 Å². The first kappa shape index (κ1) is 12.2. The van der Waals surface area contributed by atoms with Crippen molar-refractivity contribution in [1.82, 2.24) is 10.1 Å². The number of aryl methyl sites for hydroxylation is 1. The molecule has 0 aliphatic heterocycles. The van der Waals surface area contributed by atoms with Crippen LogP contribution < -0.4 is 5.73 Å². The lowest BCUT2D eigenvalue weighted by Crippen LogP contribution is -2.13. The number of unbranched alkanes of at least 4 members (excludes halogenated alkanes) is 1. The van der Waals surface area contributed by atoms with Crippen LogP contribution in [0.25, 0.3) is 0 Å².